The topological polar surface area (TPSA) is 43.0 Å². The van der Waals surface area contributed by atoms with E-state index >= 15 is 0 Å². The third kappa shape index (κ3) is 2.85. The number of nitrogens with zero attached hydrogens (tertiary/aromatic N) is 2. The van der Waals surface area contributed by atoms with E-state index in [-0.39, 0.29) is 0 Å². The fourth-order valence-corrected chi connectivity index (χ4v) is 3.02. The lowest BCUT2D eigenvalue weighted by Crippen LogP contribution is -2.16. The number of fused-ring (bicyclic) bond motifs is 1. The van der Waals surface area contributed by atoms with Crippen molar-refractivity contribution in [3.8, 4) is 0 Å². The molecule has 1 aliphatic rings. The molecule has 108 valence electrons. The first kappa shape index (κ1) is 13.3. The standard InChI is InChI=1S/C16H16IN3O/c17-11-7-19-20(9-11)10-16-14(8-18-12-5-6-12)13-3-1-2-4-15(13)21-16/h1-4,7,9,12,18H,5-6,8,10H2. The second kappa shape index (κ2) is 5.46. The number of nitrogens with one attached hydrogen (secondary N) is 1. The van der Waals surface area contributed by atoms with E-state index < -0.39 is 0 Å². The first-order valence-electron chi connectivity index (χ1n) is 7.20. The molecule has 1 saturated carbocycles. The molecule has 1 N–H and O–H groups in total. The summed E-state index contributed by atoms with van der Waals surface area (Å²) in [5.74, 6) is 1.00. The molecular weight excluding hydrogens is 377 g/mol. The van der Waals surface area contributed by atoms with Gasteiger partial charge in [-0.05, 0) is 41.5 Å². The van der Waals surface area contributed by atoms with Crippen LogP contribution in [-0.4, -0.2) is 15.8 Å². The van der Waals surface area contributed by atoms with Crippen LogP contribution in [0.4, 0.5) is 0 Å². The zero-order valence-corrected chi connectivity index (χ0v) is 13.7. The molecule has 1 aliphatic carbocycles. The Morgan fingerprint density at radius 3 is 2.95 bits per heavy atom. The highest BCUT2D eigenvalue weighted by Crippen LogP contribution is 2.28. The van der Waals surface area contributed by atoms with Gasteiger partial charge < -0.3 is 9.73 Å². The quantitative estimate of drug-likeness (QED) is 0.675. The van der Waals surface area contributed by atoms with Gasteiger partial charge in [0.1, 0.15) is 11.3 Å². The van der Waals surface area contributed by atoms with Crippen molar-refractivity contribution < 1.29 is 4.42 Å². The van der Waals surface area contributed by atoms with Crippen LogP contribution in [0.5, 0.6) is 0 Å². The normalized spacial score (nSPS) is 14.9. The van der Waals surface area contributed by atoms with Gasteiger partial charge in [-0.15, -0.1) is 0 Å². The lowest BCUT2D eigenvalue weighted by Gasteiger charge is -2.05. The summed E-state index contributed by atoms with van der Waals surface area (Å²) in [4.78, 5) is 0. The van der Waals surface area contributed by atoms with Crippen molar-refractivity contribution in [2.75, 3.05) is 0 Å². The summed E-state index contributed by atoms with van der Waals surface area (Å²) >= 11 is 2.27. The zero-order valence-electron chi connectivity index (χ0n) is 11.6. The van der Waals surface area contributed by atoms with Crippen molar-refractivity contribution in [3.05, 3.63) is 51.6 Å². The highest BCUT2D eigenvalue weighted by Gasteiger charge is 2.22. The molecule has 0 unspecified atom stereocenters. The first-order chi connectivity index (χ1) is 10.3. The Kier molecular flexibility index (Phi) is 3.46. The van der Waals surface area contributed by atoms with Crippen LogP contribution in [0.2, 0.25) is 0 Å². The fraction of sp³-hybridized carbons (Fsp3) is 0.312. The molecule has 2 aromatic heterocycles. The van der Waals surface area contributed by atoms with E-state index in [1.165, 1.54) is 23.8 Å². The van der Waals surface area contributed by atoms with Gasteiger partial charge in [0, 0.05) is 29.7 Å². The summed E-state index contributed by atoms with van der Waals surface area (Å²) < 4.78 is 9.13. The summed E-state index contributed by atoms with van der Waals surface area (Å²) in [6, 6.07) is 8.95. The number of rotatable bonds is 5. The highest BCUT2D eigenvalue weighted by atomic mass is 127. The maximum absolute atomic E-state index is 6.06. The summed E-state index contributed by atoms with van der Waals surface area (Å²) in [5, 5.41) is 9.16. The molecule has 21 heavy (non-hydrogen) atoms. The second-order valence-electron chi connectivity index (χ2n) is 5.51. The van der Waals surface area contributed by atoms with Gasteiger partial charge >= 0.3 is 0 Å². The molecule has 0 spiro atoms. The van der Waals surface area contributed by atoms with Crippen LogP contribution in [0.3, 0.4) is 0 Å². The number of hydrogen-bond donors (Lipinski definition) is 1. The number of halogens is 1. The van der Waals surface area contributed by atoms with Gasteiger partial charge in [-0.3, -0.25) is 4.68 Å². The molecule has 5 heteroatoms. The molecule has 0 aliphatic heterocycles. The van der Waals surface area contributed by atoms with E-state index in [4.69, 9.17) is 4.42 Å². The van der Waals surface area contributed by atoms with Crippen LogP contribution in [0.15, 0.2) is 41.1 Å². The monoisotopic (exact) mass is 393 g/mol. The molecule has 1 fully saturated rings. The lowest BCUT2D eigenvalue weighted by atomic mass is 10.1. The van der Waals surface area contributed by atoms with Gasteiger partial charge in [-0.25, -0.2) is 0 Å². The molecule has 3 aromatic rings. The Morgan fingerprint density at radius 2 is 2.19 bits per heavy atom. The largest absolute Gasteiger partial charge is 0.459 e. The SMILES string of the molecule is Ic1cnn(Cc2oc3ccccc3c2CNC2CC2)c1. The minimum absolute atomic E-state index is 0.680. The van der Waals surface area contributed by atoms with Gasteiger partial charge in [0.05, 0.1) is 16.3 Å². The number of hydrogen-bond acceptors (Lipinski definition) is 3. The van der Waals surface area contributed by atoms with Gasteiger partial charge in [0.2, 0.25) is 0 Å². The molecule has 0 radical (unpaired) electrons. The van der Waals surface area contributed by atoms with Crippen LogP contribution < -0.4 is 5.32 Å². The second-order valence-corrected chi connectivity index (χ2v) is 6.76. The Balaban J connectivity index is 1.69. The van der Waals surface area contributed by atoms with Crippen molar-refractivity contribution in [2.45, 2.75) is 32.0 Å². The Bertz CT molecular complexity index is 773. The van der Waals surface area contributed by atoms with Crippen molar-refractivity contribution in [1.82, 2.24) is 15.1 Å². The number of benzene rings is 1. The highest BCUT2D eigenvalue weighted by molar-refractivity contribution is 14.1. The summed E-state index contributed by atoms with van der Waals surface area (Å²) in [7, 11) is 0. The summed E-state index contributed by atoms with van der Waals surface area (Å²) in [6.07, 6.45) is 6.49. The molecule has 0 amide bonds. The molecule has 1 aromatic carbocycles. The predicted octanol–water partition coefficient (Wildman–Crippen LogP) is 3.53. The van der Waals surface area contributed by atoms with Crippen LogP contribution in [0, 0.1) is 3.57 Å². The van der Waals surface area contributed by atoms with Crippen molar-refractivity contribution in [1.29, 1.82) is 0 Å². The zero-order chi connectivity index (χ0) is 14.2. The average molecular weight is 393 g/mol. The molecule has 4 rings (SSSR count). The van der Waals surface area contributed by atoms with E-state index in [1.54, 1.807) is 0 Å². The Hall–Kier alpha value is -1.34. The van der Waals surface area contributed by atoms with Crippen molar-refractivity contribution >= 4 is 33.6 Å². The van der Waals surface area contributed by atoms with Crippen LogP contribution in [0.1, 0.15) is 24.2 Å². The molecule has 0 atom stereocenters. The Labute approximate surface area is 136 Å². The van der Waals surface area contributed by atoms with E-state index in [9.17, 15) is 0 Å². The van der Waals surface area contributed by atoms with Gasteiger partial charge in [-0.1, -0.05) is 18.2 Å². The van der Waals surface area contributed by atoms with Crippen LogP contribution in [-0.2, 0) is 13.1 Å². The van der Waals surface area contributed by atoms with Gasteiger partial charge in [-0.2, -0.15) is 5.10 Å². The predicted molar refractivity (Wildman–Crippen MR) is 90.1 cm³/mol. The van der Waals surface area contributed by atoms with Crippen molar-refractivity contribution in [2.24, 2.45) is 0 Å². The van der Waals surface area contributed by atoms with Crippen molar-refractivity contribution in [3.63, 3.8) is 0 Å². The third-order valence-corrected chi connectivity index (χ3v) is 4.39. The molecule has 0 saturated heterocycles. The Morgan fingerprint density at radius 1 is 1.33 bits per heavy atom. The van der Waals surface area contributed by atoms with Crippen LogP contribution >= 0.6 is 22.6 Å². The smallest absolute Gasteiger partial charge is 0.134 e. The maximum Gasteiger partial charge on any atom is 0.134 e. The number of para-hydroxylation sites is 1. The third-order valence-electron chi connectivity index (χ3n) is 3.83. The van der Waals surface area contributed by atoms with E-state index in [2.05, 4.69) is 45.1 Å². The number of aromatic nitrogens is 2. The van der Waals surface area contributed by atoms with E-state index in [1.807, 2.05) is 29.2 Å². The number of furan rings is 1. The van der Waals surface area contributed by atoms with Crippen LogP contribution in [0.25, 0.3) is 11.0 Å². The minimum Gasteiger partial charge on any atom is -0.459 e. The summed E-state index contributed by atoms with van der Waals surface area (Å²) in [6.45, 7) is 1.55. The first-order valence-corrected chi connectivity index (χ1v) is 8.28. The van der Waals surface area contributed by atoms with Gasteiger partial charge in [0.25, 0.3) is 0 Å². The molecule has 4 nitrogen and oxygen atoms in total. The van der Waals surface area contributed by atoms with Gasteiger partial charge in [0.15, 0.2) is 0 Å². The molecular formula is C16H16IN3O. The summed E-state index contributed by atoms with van der Waals surface area (Å²) in [5.41, 5.74) is 2.23. The lowest BCUT2D eigenvalue weighted by molar-refractivity contribution is 0.499. The van der Waals surface area contributed by atoms with E-state index in [0.717, 1.165) is 21.5 Å². The minimum atomic E-state index is 0.680. The molecule has 0 bridgehead atoms. The van der Waals surface area contributed by atoms with E-state index in [0.29, 0.717) is 12.6 Å². The fourth-order valence-electron chi connectivity index (χ4n) is 2.58. The molecule has 2 heterocycles. The average Bonchev–Trinajstić information content (AvgIpc) is 3.13. The maximum atomic E-state index is 6.06.